The summed E-state index contributed by atoms with van der Waals surface area (Å²) in [5, 5.41) is 4.25. The van der Waals surface area contributed by atoms with Crippen molar-refractivity contribution in [2.45, 2.75) is 13.0 Å². The molecule has 1 unspecified atom stereocenters. The average Bonchev–Trinajstić information content (AvgIpc) is 2.72. The van der Waals surface area contributed by atoms with Crippen LogP contribution in [0.3, 0.4) is 0 Å². The molecular weight excluding hydrogens is 247 g/mol. The van der Waals surface area contributed by atoms with E-state index >= 15 is 0 Å². The first-order valence-electron chi connectivity index (χ1n) is 5.87. The third-order valence-electron chi connectivity index (χ3n) is 3.02. The maximum atomic E-state index is 14.3. The van der Waals surface area contributed by atoms with Gasteiger partial charge in [-0.15, -0.1) is 0 Å². The highest BCUT2D eigenvalue weighted by atomic mass is 19.1. The van der Waals surface area contributed by atoms with Crippen molar-refractivity contribution in [1.82, 2.24) is 15.2 Å². The fourth-order valence-electron chi connectivity index (χ4n) is 2.14. The molecule has 2 rings (SSSR count). The number of hydrazine groups is 1. The van der Waals surface area contributed by atoms with Crippen LogP contribution in [0.2, 0.25) is 0 Å². The van der Waals surface area contributed by atoms with Gasteiger partial charge in [-0.2, -0.15) is 5.10 Å². The van der Waals surface area contributed by atoms with Crippen LogP contribution in [-0.4, -0.2) is 16.9 Å². The molecule has 1 aromatic heterocycles. The van der Waals surface area contributed by atoms with Crippen molar-refractivity contribution in [1.29, 1.82) is 0 Å². The maximum Gasteiger partial charge on any atom is 0.170 e. The van der Waals surface area contributed by atoms with Crippen molar-refractivity contribution in [2.75, 3.05) is 7.11 Å². The molecule has 0 amide bonds. The van der Waals surface area contributed by atoms with E-state index in [4.69, 9.17) is 10.6 Å². The summed E-state index contributed by atoms with van der Waals surface area (Å²) in [5.41, 5.74) is 4.68. The zero-order chi connectivity index (χ0) is 14.0. The lowest BCUT2D eigenvalue weighted by atomic mass is 10.0. The van der Waals surface area contributed by atoms with Crippen LogP contribution in [0.1, 0.15) is 23.0 Å². The van der Waals surface area contributed by atoms with Crippen LogP contribution in [0.15, 0.2) is 24.3 Å². The van der Waals surface area contributed by atoms with Gasteiger partial charge in [0, 0.05) is 12.6 Å². The Morgan fingerprint density at radius 2 is 2.21 bits per heavy atom. The van der Waals surface area contributed by atoms with Crippen LogP contribution in [0, 0.1) is 12.7 Å². The van der Waals surface area contributed by atoms with Crippen LogP contribution in [0.5, 0.6) is 5.75 Å². The van der Waals surface area contributed by atoms with Crippen LogP contribution in [0.4, 0.5) is 4.39 Å². The van der Waals surface area contributed by atoms with Crippen molar-refractivity contribution in [3.8, 4) is 5.75 Å². The molecule has 19 heavy (non-hydrogen) atoms. The first-order chi connectivity index (χ1) is 9.08. The van der Waals surface area contributed by atoms with Gasteiger partial charge in [-0.05, 0) is 19.1 Å². The Kier molecular flexibility index (Phi) is 3.82. The van der Waals surface area contributed by atoms with Crippen LogP contribution in [0.25, 0.3) is 0 Å². The van der Waals surface area contributed by atoms with Crippen LogP contribution < -0.4 is 16.0 Å². The molecule has 6 heteroatoms. The van der Waals surface area contributed by atoms with E-state index in [9.17, 15) is 4.39 Å². The highest BCUT2D eigenvalue weighted by molar-refractivity contribution is 5.37. The Balaban J connectivity index is 2.51. The average molecular weight is 264 g/mol. The number of hydrogen-bond donors (Lipinski definition) is 2. The number of benzene rings is 1. The SMILES string of the molecule is COc1cccc(C(NN)c2cc(C)nn2C)c1F. The molecule has 0 bridgehead atoms. The van der Waals surface area contributed by atoms with Gasteiger partial charge in [0.25, 0.3) is 0 Å². The number of methoxy groups -OCH3 is 1. The number of nitrogens with zero attached hydrogens (tertiary/aromatic N) is 2. The van der Waals surface area contributed by atoms with Gasteiger partial charge in [0.15, 0.2) is 11.6 Å². The van der Waals surface area contributed by atoms with Gasteiger partial charge < -0.3 is 4.74 Å². The second kappa shape index (κ2) is 5.38. The molecule has 0 aliphatic rings. The minimum absolute atomic E-state index is 0.191. The lowest BCUT2D eigenvalue weighted by molar-refractivity contribution is 0.381. The Morgan fingerprint density at radius 1 is 1.47 bits per heavy atom. The number of rotatable bonds is 4. The standard InChI is InChI=1S/C13H17FN4O/c1-8-7-10(18(2)17-8)13(16-15)9-5-4-6-11(19-3)12(9)14/h4-7,13,16H,15H2,1-3H3. The van der Waals surface area contributed by atoms with Gasteiger partial charge in [0.2, 0.25) is 0 Å². The number of halogens is 1. The summed E-state index contributed by atoms with van der Waals surface area (Å²) in [4.78, 5) is 0. The molecule has 0 saturated carbocycles. The monoisotopic (exact) mass is 264 g/mol. The summed E-state index contributed by atoms with van der Waals surface area (Å²) >= 11 is 0. The Labute approximate surface area is 111 Å². The highest BCUT2D eigenvalue weighted by Gasteiger charge is 2.22. The lowest BCUT2D eigenvalue weighted by Crippen LogP contribution is -2.31. The van der Waals surface area contributed by atoms with Gasteiger partial charge >= 0.3 is 0 Å². The van der Waals surface area contributed by atoms with Gasteiger partial charge in [0.05, 0.1) is 24.5 Å². The Hall–Kier alpha value is -1.92. The Bertz CT molecular complexity index is 582. The predicted molar refractivity (Wildman–Crippen MR) is 70.1 cm³/mol. The van der Waals surface area contributed by atoms with Crippen molar-refractivity contribution >= 4 is 0 Å². The second-order valence-electron chi connectivity index (χ2n) is 4.30. The third kappa shape index (κ3) is 2.45. The summed E-state index contributed by atoms with van der Waals surface area (Å²) in [6.07, 6.45) is 0. The summed E-state index contributed by atoms with van der Waals surface area (Å²) in [6.45, 7) is 1.87. The van der Waals surface area contributed by atoms with Crippen LogP contribution >= 0.6 is 0 Å². The quantitative estimate of drug-likeness (QED) is 0.647. The van der Waals surface area contributed by atoms with Crippen molar-refractivity contribution in [3.05, 3.63) is 47.0 Å². The summed E-state index contributed by atoms with van der Waals surface area (Å²) in [7, 11) is 3.23. The van der Waals surface area contributed by atoms with Gasteiger partial charge in [0.1, 0.15) is 0 Å². The molecule has 3 N–H and O–H groups in total. The molecule has 5 nitrogen and oxygen atoms in total. The minimum Gasteiger partial charge on any atom is -0.494 e. The smallest absolute Gasteiger partial charge is 0.170 e. The Morgan fingerprint density at radius 3 is 2.74 bits per heavy atom. The molecule has 0 saturated heterocycles. The zero-order valence-electron chi connectivity index (χ0n) is 11.1. The van der Waals surface area contributed by atoms with E-state index in [-0.39, 0.29) is 5.75 Å². The molecule has 2 aromatic rings. The molecular formula is C13H17FN4O. The lowest BCUT2D eigenvalue weighted by Gasteiger charge is -2.18. The number of ether oxygens (including phenoxy) is 1. The minimum atomic E-state index is -0.485. The van der Waals surface area contributed by atoms with Crippen molar-refractivity contribution < 1.29 is 9.13 Å². The van der Waals surface area contributed by atoms with Crippen molar-refractivity contribution in [3.63, 3.8) is 0 Å². The molecule has 1 aromatic carbocycles. The van der Waals surface area contributed by atoms with Gasteiger partial charge in [-0.1, -0.05) is 12.1 Å². The van der Waals surface area contributed by atoms with Gasteiger partial charge in [-0.25, -0.2) is 9.82 Å². The molecule has 0 aliphatic carbocycles. The van der Waals surface area contributed by atoms with E-state index in [1.807, 2.05) is 13.0 Å². The molecule has 0 aliphatic heterocycles. The van der Waals surface area contributed by atoms with Crippen LogP contribution in [-0.2, 0) is 7.05 Å². The normalized spacial score (nSPS) is 12.5. The van der Waals surface area contributed by atoms with E-state index in [0.717, 1.165) is 11.4 Å². The third-order valence-corrected chi connectivity index (χ3v) is 3.02. The predicted octanol–water partition coefficient (Wildman–Crippen LogP) is 1.43. The number of hydrogen-bond acceptors (Lipinski definition) is 4. The number of nitrogens with one attached hydrogen (secondary N) is 1. The van der Waals surface area contributed by atoms with E-state index < -0.39 is 11.9 Å². The molecule has 1 atom stereocenters. The highest BCUT2D eigenvalue weighted by Crippen LogP contribution is 2.28. The fraction of sp³-hybridized carbons (Fsp3) is 0.308. The summed E-state index contributed by atoms with van der Waals surface area (Å²) in [6, 6.07) is 6.35. The van der Waals surface area contributed by atoms with E-state index in [2.05, 4.69) is 10.5 Å². The van der Waals surface area contributed by atoms with Gasteiger partial charge in [-0.3, -0.25) is 10.5 Å². The maximum absolute atomic E-state index is 14.3. The topological polar surface area (TPSA) is 65.1 Å². The second-order valence-corrected chi connectivity index (χ2v) is 4.30. The zero-order valence-corrected chi connectivity index (χ0v) is 11.1. The fourth-order valence-corrected chi connectivity index (χ4v) is 2.14. The number of aromatic nitrogens is 2. The van der Waals surface area contributed by atoms with E-state index in [1.165, 1.54) is 7.11 Å². The molecule has 102 valence electrons. The molecule has 0 spiro atoms. The largest absolute Gasteiger partial charge is 0.494 e. The molecule has 1 heterocycles. The number of aryl methyl sites for hydroxylation is 2. The van der Waals surface area contributed by atoms with E-state index in [0.29, 0.717) is 5.56 Å². The summed E-state index contributed by atoms with van der Waals surface area (Å²) < 4.78 is 20.9. The molecule has 0 fully saturated rings. The van der Waals surface area contributed by atoms with Crippen molar-refractivity contribution in [2.24, 2.45) is 12.9 Å². The van der Waals surface area contributed by atoms with E-state index in [1.54, 1.807) is 29.9 Å². The first-order valence-corrected chi connectivity index (χ1v) is 5.87. The molecule has 0 radical (unpaired) electrons. The first kappa shape index (κ1) is 13.5. The number of nitrogens with two attached hydrogens (primary N) is 1. The summed E-state index contributed by atoms with van der Waals surface area (Å²) in [5.74, 6) is 5.34.